The number of aliphatic hydroxyl groups excluding tert-OH is 1. The number of aliphatic hydroxyl groups is 1. The van der Waals surface area contributed by atoms with Gasteiger partial charge in [0.25, 0.3) is 0 Å². The monoisotopic (exact) mass is 191 g/mol. The Labute approximate surface area is 82.4 Å². The van der Waals surface area contributed by atoms with Gasteiger partial charge in [-0.25, -0.2) is 4.98 Å². The molecule has 74 valence electrons. The summed E-state index contributed by atoms with van der Waals surface area (Å²) in [5.74, 6) is 0. The normalized spacial score (nSPS) is 12.2. The van der Waals surface area contributed by atoms with Crippen LogP contribution in [0, 0.1) is 0 Å². The summed E-state index contributed by atoms with van der Waals surface area (Å²) in [7, 11) is 0. The van der Waals surface area contributed by atoms with Gasteiger partial charge in [-0.15, -0.1) is 0 Å². The molecule has 3 heteroatoms. The van der Waals surface area contributed by atoms with Crippen molar-refractivity contribution in [2.75, 3.05) is 6.61 Å². The fourth-order valence-electron chi connectivity index (χ4n) is 1.50. The number of rotatable bonds is 2. The third-order valence-corrected chi connectivity index (χ3v) is 2.48. The Bertz CT molecular complexity index is 445. The molecule has 0 spiro atoms. The third kappa shape index (κ3) is 1.30. The molecule has 0 aliphatic carbocycles. The molecular formula is C11H13NO2. The average Bonchev–Trinajstić information content (AvgIpc) is 2.64. The van der Waals surface area contributed by atoms with E-state index in [0.717, 1.165) is 16.7 Å². The maximum Gasteiger partial charge on any atom is 0.181 e. The average molecular weight is 191 g/mol. The van der Waals surface area contributed by atoms with E-state index >= 15 is 0 Å². The first-order valence-electron chi connectivity index (χ1n) is 4.59. The molecule has 0 aliphatic heterocycles. The van der Waals surface area contributed by atoms with Crippen LogP contribution in [0.4, 0.5) is 0 Å². The summed E-state index contributed by atoms with van der Waals surface area (Å²) in [6.07, 6.45) is 1.43. The van der Waals surface area contributed by atoms with Crippen LogP contribution in [0.2, 0.25) is 0 Å². The maximum atomic E-state index is 9.28. The molecular weight excluding hydrogens is 178 g/mol. The molecule has 2 rings (SSSR count). The lowest BCUT2D eigenvalue weighted by Crippen LogP contribution is -2.22. The third-order valence-electron chi connectivity index (χ3n) is 2.48. The largest absolute Gasteiger partial charge is 0.443 e. The molecule has 3 nitrogen and oxygen atoms in total. The fourth-order valence-corrected chi connectivity index (χ4v) is 1.50. The van der Waals surface area contributed by atoms with Gasteiger partial charge in [-0.1, -0.05) is 26.0 Å². The number of nitrogens with zero attached hydrogens (tertiary/aromatic N) is 1. The predicted molar refractivity (Wildman–Crippen MR) is 54.1 cm³/mol. The molecule has 0 amide bonds. The molecule has 0 saturated heterocycles. The van der Waals surface area contributed by atoms with Gasteiger partial charge in [0.1, 0.15) is 5.52 Å². The lowest BCUT2D eigenvalue weighted by atomic mass is 9.85. The Hall–Kier alpha value is -1.35. The van der Waals surface area contributed by atoms with Gasteiger partial charge in [0.05, 0.1) is 6.61 Å². The van der Waals surface area contributed by atoms with Crippen molar-refractivity contribution >= 4 is 11.1 Å². The van der Waals surface area contributed by atoms with Crippen LogP contribution in [0.25, 0.3) is 11.1 Å². The first-order valence-corrected chi connectivity index (χ1v) is 4.59. The van der Waals surface area contributed by atoms with Gasteiger partial charge in [0.2, 0.25) is 0 Å². The summed E-state index contributed by atoms with van der Waals surface area (Å²) in [4.78, 5) is 4.08. The highest BCUT2D eigenvalue weighted by Gasteiger charge is 2.23. The molecule has 1 heterocycles. The zero-order valence-electron chi connectivity index (χ0n) is 8.32. The van der Waals surface area contributed by atoms with Gasteiger partial charge in [0, 0.05) is 11.0 Å². The highest BCUT2D eigenvalue weighted by atomic mass is 16.3. The zero-order valence-corrected chi connectivity index (χ0v) is 8.32. The van der Waals surface area contributed by atoms with E-state index in [1.165, 1.54) is 6.39 Å². The molecule has 0 saturated carbocycles. The predicted octanol–water partition coefficient (Wildman–Crippen LogP) is 2.10. The van der Waals surface area contributed by atoms with Crippen molar-refractivity contribution in [3.63, 3.8) is 0 Å². The van der Waals surface area contributed by atoms with Crippen LogP contribution in [0.15, 0.2) is 29.0 Å². The molecule has 0 atom stereocenters. The van der Waals surface area contributed by atoms with Gasteiger partial charge in [0.15, 0.2) is 12.0 Å². The highest BCUT2D eigenvalue weighted by molar-refractivity contribution is 5.77. The van der Waals surface area contributed by atoms with E-state index in [1.807, 2.05) is 32.0 Å². The summed E-state index contributed by atoms with van der Waals surface area (Å²) in [6, 6.07) is 5.79. The summed E-state index contributed by atoms with van der Waals surface area (Å²) >= 11 is 0. The highest BCUT2D eigenvalue weighted by Crippen LogP contribution is 2.29. The lowest BCUT2D eigenvalue weighted by molar-refractivity contribution is 0.218. The number of oxazole rings is 1. The van der Waals surface area contributed by atoms with Crippen molar-refractivity contribution < 1.29 is 9.52 Å². The molecule has 2 aromatic rings. The Kier molecular flexibility index (Phi) is 2.04. The second kappa shape index (κ2) is 3.10. The van der Waals surface area contributed by atoms with Crippen LogP contribution < -0.4 is 0 Å². The van der Waals surface area contributed by atoms with Crippen LogP contribution in [-0.2, 0) is 5.41 Å². The molecule has 14 heavy (non-hydrogen) atoms. The van der Waals surface area contributed by atoms with Crippen molar-refractivity contribution in [3.8, 4) is 0 Å². The van der Waals surface area contributed by atoms with E-state index in [9.17, 15) is 5.11 Å². The standard InChI is InChI=1S/C11H13NO2/c1-11(2,6-13)8-4-3-5-9-10(8)14-7-12-9/h3-5,7,13H,6H2,1-2H3. The van der Waals surface area contributed by atoms with E-state index < -0.39 is 0 Å². The first kappa shape index (κ1) is 9.21. The molecule has 0 fully saturated rings. The summed E-state index contributed by atoms with van der Waals surface area (Å²) in [5, 5.41) is 9.28. The Morgan fingerprint density at radius 2 is 2.21 bits per heavy atom. The number of benzene rings is 1. The van der Waals surface area contributed by atoms with E-state index in [2.05, 4.69) is 4.98 Å². The minimum atomic E-state index is -0.293. The van der Waals surface area contributed by atoms with Crippen LogP contribution in [0.5, 0.6) is 0 Å². The van der Waals surface area contributed by atoms with E-state index in [1.54, 1.807) is 0 Å². The van der Waals surface area contributed by atoms with Gasteiger partial charge >= 0.3 is 0 Å². The van der Waals surface area contributed by atoms with Crippen LogP contribution in [-0.4, -0.2) is 16.7 Å². The Morgan fingerprint density at radius 3 is 2.93 bits per heavy atom. The van der Waals surface area contributed by atoms with Crippen molar-refractivity contribution in [2.24, 2.45) is 0 Å². The quantitative estimate of drug-likeness (QED) is 0.790. The molecule has 1 N–H and O–H groups in total. The summed E-state index contributed by atoms with van der Waals surface area (Å²) in [6.45, 7) is 4.04. The molecule has 0 radical (unpaired) electrons. The van der Waals surface area contributed by atoms with Gasteiger partial charge in [-0.05, 0) is 6.07 Å². The lowest BCUT2D eigenvalue weighted by Gasteiger charge is -2.21. The van der Waals surface area contributed by atoms with Crippen molar-refractivity contribution in [1.82, 2.24) is 4.98 Å². The smallest absolute Gasteiger partial charge is 0.181 e. The maximum absolute atomic E-state index is 9.28. The van der Waals surface area contributed by atoms with Gasteiger partial charge in [-0.2, -0.15) is 0 Å². The summed E-state index contributed by atoms with van der Waals surface area (Å²) < 4.78 is 5.31. The second-order valence-corrected chi connectivity index (χ2v) is 4.05. The Balaban J connectivity index is 2.67. The first-order chi connectivity index (χ1) is 6.65. The van der Waals surface area contributed by atoms with Crippen molar-refractivity contribution in [2.45, 2.75) is 19.3 Å². The van der Waals surface area contributed by atoms with E-state index in [0.29, 0.717) is 0 Å². The SMILES string of the molecule is CC(C)(CO)c1cccc2ncoc12. The van der Waals surface area contributed by atoms with Crippen molar-refractivity contribution in [3.05, 3.63) is 30.2 Å². The number of aromatic nitrogens is 1. The Morgan fingerprint density at radius 1 is 1.43 bits per heavy atom. The van der Waals surface area contributed by atoms with Gasteiger partial charge < -0.3 is 9.52 Å². The van der Waals surface area contributed by atoms with Crippen LogP contribution in [0.1, 0.15) is 19.4 Å². The topological polar surface area (TPSA) is 46.3 Å². The van der Waals surface area contributed by atoms with E-state index in [-0.39, 0.29) is 12.0 Å². The number of hydrogen-bond donors (Lipinski definition) is 1. The molecule has 0 aliphatic rings. The van der Waals surface area contributed by atoms with Crippen LogP contribution in [0.3, 0.4) is 0 Å². The second-order valence-electron chi connectivity index (χ2n) is 4.05. The van der Waals surface area contributed by atoms with Crippen molar-refractivity contribution in [1.29, 1.82) is 0 Å². The minimum absolute atomic E-state index is 0.0901. The number of hydrogen-bond acceptors (Lipinski definition) is 3. The number of para-hydroxylation sites is 1. The fraction of sp³-hybridized carbons (Fsp3) is 0.364. The minimum Gasteiger partial charge on any atom is -0.443 e. The van der Waals surface area contributed by atoms with Gasteiger partial charge in [-0.3, -0.25) is 0 Å². The van der Waals surface area contributed by atoms with E-state index in [4.69, 9.17) is 4.42 Å². The molecule has 1 aromatic heterocycles. The summed E-state index contributed by atoms with van der Waals surface area (Å²) in [5.41, 5.74) is 2.31. The van der Waals surface area contributed by atoms with Crippen LogP contribution >= 0.6 is 0 Å². The molecule has 0 bridgehead atoms. The molecule has 1 aromatic carbocycles. The number of fused-ring (bicyclic) bond motifs is 1. The zero-order chi connectivity index (χ0) is 10.2. The molecule has 0 unspecified atom stereocenters.